The van der Waals surface area contributed by atoms with Crippen LogP contribution in [-0.2, 0) is 30.2 Å². The van der Waals surface area contributed by atoms with Gasteiger partial charge in [0.1, 0.15) is 6.04 Å². The van der Waals surface area contributed by atoms with Gasteiger partial charge in [0.2, 0.25) is 0 Å². The average molecular weight is 516 g/mol. The Morgan fingerprint density at radius 3 is 2.61 bits per heavy atom. The summed E-state index contributed by atoms with van der Waals surface area (Å²) in [6, 6.07) is 6.73. The predicted molar refractivity (Wildman–Crippen MR) is 126 cm³/mol. The van der Waals surface area contributed by atoms with Crippen molar-refractivity contribution in [1.82, 2.24) is 9.88 Å². The number of nitrogens with one attached hydrogen (secondary N) is 1. The lowest BCUT2D eigenvalue weighted by Gasteiger charge is -2.36. The van der Waals surface area contributed by atoms with E-state index in [2.05, 4.69) is 4.98 Å². The lowest BCUT2D eigenvalue weighted by Crippen LogP contribution is -2.52. The van der Waals surface area contributed by atoms with Crippen LogP contribution in [0.1, 0.15) is 24.8 Å². The molecule has 33 heavy (non-hydrogen) atoms. The number of hydrogen-bond acceptors (Lipinski definition) is 5. The highest BCUT2D eigenvalue weighted by Crippen LogP contribution is 2.37. The molecule has 1 aromatic carbocycles. The molecule has 1 N–H and O–H groups in total. The van der Waals surface area contributed by atoms with Crippen LogP contribution in [0.4, 0.5) is 0 Å². The Labute approximate surface area is 206 Å². The molecule has 1 aliphatic heterocycles. The van der Waals surface area contributed by atoms with E-state index in [0.29, 0.717) is 32.5 Å². The molecule has 1 aromatic heterocycles. The third-order valence-corrected chi connectivity index (χ3v) is 6.64. The number of methoxy groups -OCH3 is 1. The van der Waals surface area contributed by atoms with Gasteiger partial charge in [0, 0.05) is 42.9 Å². The number of aromatic amines is 1. The van der Waals surface area contributed by atoms with E-state index in [1.54, 1.807) is 0 Å². The predicted octanol–water partition coefficient (Wildman–Crippen LogP) is 4.30. The summed E-state index contributed by atoms with van der Waals surface area (Å²) in [6.45, 7) is 1.26. The molecule has 0 saturated carbocycles. The van der Waals surface area contributed by atoms with Gasteiger partial charge in [-0.15, -0.1) is 0 Å². The van der Waals surface area contributed by atoms with Crippen LogP contribution in [0.25, 0.3) is 10.9 Å². The zero-order valence-corrected chi connectivity index (χ0v) is 20.4. The molecule has 4 rings (SSSR count). The molecule has 0 bridgehead atoms. The topological polar surface area (TPSA) is 80.9 Å². The minimum absolute atomic E-state index is 0.130. The van der Waals surface area contributed by atoms with Crippen LogP contribution in [0.15, 0.2) is 42.1 Å². The third-order valence-electron chi connectivity index (χ3n) is 6.16. The Balaban J connectivity index is 1.63. The Kier molecular flexibility index (Phi) is 7.26. The number of H-pyrrole nitrogens is 1. The molecule has 2 aromatic rings. The Bertz CT molecular complexity index is 1060. The molecule has 1 atom stereocenters. The number of aromatic nitrogens is 1. The van der Waals surface area contributed by atoms with Crippen molar-refractivity contribution in [2.24, 2.45) is 0 Å². The number of alkyl halides is 3. The molecule has 7 nitrogen and oxygen atoms in total. The normalized spacial score (nSPS) is 18.8. The van der Waals surface area contributed by atoms with E-state index in [4.69, 9.17) is 49.0 Å². The zero-order chi connectivity index (χ0) is 23.6. The number of fused-ring (bicyclic) bond motifs is 1. The number of esters is 1. The highest BCUT2D eigenvalue weighted by atomic mass is 35.6. The highest BCUT2D eigenvalue weighted by molar-refractivity contribution is 6.76. The summed E-state index contributed by atoms with van der Waals surface area (Å²) >= 11 is 18.0. The van der Waals surface area contributed by atoms with Crippen molar-refractivity contribution in [2.75, 3.05) is 26.9 Å². The Hall–Kier alpha value is -1.77. The first-order valence-electron chi connectivity index (χ1n) is 10.7. The molecular formula is C23H25Cl3N2O5. The van der Waals surface area contributed by atoms with Crippen LogP contribution in [0.5, 0.6) is 0 Å². The van der Waals surface area contributed by atoms with Crippen molar-refractivity contribution in [2.45, 2.75) is 41.3 Å². The number of carbonyl (C=O) groups excluding carboxylic acids is 2. The van der Waals surface area contributed by atoms with Gasteiger partial charge in [-0.2, -0.15) is 0 Å². The minimum atomic E-state index is -2.22. The Morgan fingerprint density at radius 2 is 1.97 bits per heavy atom. The second kappa shape index (κ2) is 9.84. The lowest BCUT2D eigenvalue weighted by atomic mass is 9.93. The third kappa shape index (κ3) is 5.33. The summed E-state index contributed by atoms with van der Waals surface area (Å²) in [5, 5.41) is 0.946. The van der Waals surface area contributed by atoms with Crippen molar-refractivity contribution >= 4 is 57.6 Å². The number of rotatable bonds is 6. The quantitative estimate of drug-likeness (QED) is 0.352. The van der Waals surface area contributed by atoms with Crippen LogP contribution in [-0.4, -0.2) is 64.3 Å². The van der Waals surface area contributed by atoms with Gasteiger partial charge in [-0.05, 0) is 18.1 Å². The summed E-state index contributed by atoms with van der Waals surface area (Å²) < 4.78 is 14.4. The van der Waals surface area contributed by atoms with Crippen molar-refractivity contribution in [1.29, 1.82) is 0 Å². The second-order valence-corrected chi connectivity index (χ2v) is 10.5. The molecule has 1 fully saturated rings. The zero-order valence-electron chi connectivity index (χ0n) is 18.1. The first kappa shape index (κ1) is 24.4. The van der Waals surface area contributed by atoms with Gasteiger partial charge in [-0.1, -0.05) is 64.7 Å². The van der Waals surface area contributed by atoms with Crippen LogP contribution >= 0.6 is 34.8 Å². The molecule has 178 valence electrons. The number of halogens is 3. The van der Waals surface area contributed by atoms with Gasteiger partial charge in [0.15, 0.2) is 5.79 Å². The maximum absolute atomic E-state index is 13.2. The van der Waals surface area contributed by atoms with Crippen molar-refractivity contribution in [3.63, 3.8) is 0 Å². The molecule has 10 heteroatoms. The maximum atomic E-state index is 13.2. The SMILES string of the molecule is COC(=O)[C@H](Cc1c[nH]c2ccccc12)N(CC1=CCC2(CC1)OCCO2)C(=O)C(Cl)(Cl)Cl. The van der Waals surface area contributed by atoms with Gasteiger partial charge >= 0.3 is 5.97 Å². The maximum Gasteiger partial charge on any atom is 0.328 e. The molecule has 0 radical (unpaired) electrons. The van der Waals surface area contributed by atoms with E-state index < -0.39 is 27.5 Å². The van der Waals surface area contributed by atoms with Gasteiger partial charge in [-0.25, -0.2) is 4.79 Å². The number of hydrogen-bond donors (Lipinski definition) is 1. The standard InChI is InChI=1S/C23H25Cl3N2O5/c1-31-20(29)19(12-16-13-27-18-5-3-2-4-17(16)18)28(21(30)23(24,25)26)14-15-6-8-22(9-7-15)32-10-11-33-22/h2-6,13,19,27H,7-12,14H2,1H3/t19-/m0/s1. The number of ether oxygens (including phenoxy) is 3. The first-order chi connectivity index (χ1) is 15.7. The van der Waals surface area contributed by atoms with Gasteiger partial charge in [-0.3, -0.25) is 4.79 Å². The smallest absolute Gasteiger partial charge is 0.328 e. The highest BCUT2D eigenvalue weighted by Gasteiger charge is 2.43. The van der Waals surface area contributed by atoms with E-state index in [0.717, 1.165) is 22.0 Å². The van der Waals surface area contributed by atoms with Crippen LogP contribution in [0.3, 0.4) is 0 Å². The van der Waals surface area contributed by atoms with Crippen molar-refractivity contribution < 1.29 is 23.8 Å². The summed E-state index contributed by atoms with van der Waals surface area (Å²) in [4.78, 5) is 30.5. The van der Waals surface area contributed by atoms with Crippen LogP contribution in [0, 0.1) is 0 Å². The molecule has 2 aliphatic rings. The molecule has 1 saturated heterocycles. The number of carbonyl (C=O) groups is 2. The molecule has 0 unspecified atom stereocenters. The van der Waals surface area contributed by atoms with Gasteiger partial charge in [0.05, 0.1) is 20.3 Å². The largest absolute Gasteiger partial charge is 0.467 e. The van der Waals surface area contributed by atoms with Gasteiger partial charge in [0.25, 0.3) is 9.70 Å². The number of benzene rings is 1. The summed E-state index contributed by atoms with van der Waals surface area (Å²) in [5.41, 5.74) is 2.72. The van der Waals surface area contributed by atoms with Gasteiger partial charge < -0.3 is 24.1 Å². The van der Waals surface area contributed by atoms with Crippen molar-refractivity contribution in [3.8, 4) is 0 Å². The molecular weight excluding hydrogens is 491 g/mol. The first-order valence-corrected chi connectivity index (χ1v) is 11.8. The van der Waals surface area contributed by atoms with E-state index in [1.807, 2.05) is 36.5 Å². The summed E-state index contributed by atoms with van der Waals surface area (Å²) in [5.74, 6) is -1.96. The summed E-state index contributed by atoms with van der Waals surface area (Å²) in [6.07, 6.45) is 5.84. The second-order valence-electron chi connectivity index (χ2n) is 8.21. The molecule has 2 heterocycles. The Morgan fingerprint density at radius 1 is 1.24 bits per heavy atom. The number of para-hydroxylation sites is 1. The fourth-order valence-corrected chi connectivity index (χ4v) is 4.75. The molecule has 1 spiro atoms. The fraction of sp³-hybridized carbons (Fsp3) is 0.478. The van der Waals surface area contributed by atoms with Crippen molar-refractivity contribution in [3.05, 3.63) is 47.7 Å². The minimum Gasteiger partial charge on any atom is -0.467 e. The monoisotopic (exact) mass is 514 g/mol. The lowest BCUT2D eigenvalue weighted by molar-refractivity contribution is -0.162. The van der Waals surface area contributed by atoms with Crippen LogP contribution in [0.2, 0.25) is 0 Å². The average Bonchev–Trinajstić information content (AvgIpc) is 3.43. The van der Waals surface area contributed by atoms with E-state index >= 15 is 0 Å². The van der Waals surface area contributed by atoms with E-state index in [9.17, 15) is 9.59 Å². The number of nitrogens with zero attached hydrogens (tertiary/aromatic N) is 1. The van der Waals surface area contributed by atoms with E-state index in [1.165, 1.54) is 12.0 Å². The fourth-order valence-electron chi connectivity index (χ4n) is 4.43. The molecule has 1 aliphatic carbocycles. The van der Waals surface area contributed by atoms with Crippen LogP contribution < -0.4 is 0 Å². The number of amides is 1. The molecule has 1 amide bonds. The summed E-state index contributed by atoms with van der Waals surface area (Å²) in [7, 11) is 1.28. The van der Waals surface area contributed by atoms with E-state index in [-0.39, 0.29) is 13.0 Å².